The average molecular weight is 305 g/mol. The van der Waals surface area contributed by atoms with Crippen LogP contribution in [0.3, 0.4) is 0 Å². The molecule has 0 bridgehead atoms. The second-order valence-electron chi connectivity index (χ2n) is 4.84. The van der Waals surface area contributed by atoms with Gasteiger partial charge in [-0.3, -0.25) is 4.79 Å². The lowest BCUT2D eigenvalue weighted by atomic mass is 10.1. The van der Waals surface area contributed by atoms with Crippen molar-refractivity contribution in [2.45, 2.75) is 13.8 Å². The van der Waals surface area contributed by atoms with Crippen molar-refractivity contribution in [1.29, 1.82) is 5.26 Å². The summed E-state index contributed by atoms with van der Waals surface area (Å²) < 4.78 is 5.07. The van der Waals surface area contributed by atoms with Gasteiger partial charge >= 0.3 is 5.97 Å². The van der Waals surface area contributed by atoms with Crippen LogP contribution in [0.5, 0.6) is 5.75 Å². The predicted octanol–water partition coefficient (Wildman–Crippen LogP) is 3.25. The lowest BCUT2D eigenvalue weighted by molar-refractivity contribution is -0.131. The third kappa shape index (κ3) is 4.90. The molecule has 0 atom stereocenters. The van der Waals surface area contributed by atoms with E-state index in [1.807, 2.05) is 13.0 Å². The smallest absolute Gasteiger partial charge is 0.308 e. The molecule has 0 spiro atoms. The minimum absolute atomic E-state index is 0.346. The van der Waals surface area contributed by atoms with Crippen molar-refractivity contribution in [2.75, 3.05) is 0 Å². The summed E-state index contributed by atoms with van der Waals surface area (Å²) >= 11 is 0. The predicted molar refractivity (Wildman–Crippen MR) is 88.8 cm³/mol. The number of hydrogen-bond donors (Lipinski definition) is 0. The maximum atomic E-state index is 11.0. The highest BCUT2D eigenvalue weighted by Gasteiger charge is 2.02. The second-order valence-corrected chi connectivity index (χ2v) is 4.84. The molecule has 23 heavy (non-hydrogen) atoms. The molecule has 2 aromatic rings. The highest BCUT2D eigenvalue weighted by Crippen LogP contribution is 2.18. The van der Waals surface area contributed by atoms with Gasteiger partial charge in [0.05, 0.1) is 24.1 Å². The zero-order valence-corrected chi connectivity index (χ0v) is 12.9. The van der Waals surface area contributed by atoms with Gasteiger partial charge in [-0.1, -0.05) is 12.1 Å². The van der Waals surface area contributed by atoms with Gasteiger partial charge in [-0.05, 0) is 53.9 Å². The average Bonchev–Trinajstić information content (AvgIpc) is 2.54. The summed E-state index contributed by atoms with van der Waals surface area (Å²) in [6.45, 7) is 3.22. The number of nitrogens with zero attached hydrogens (tertiary/aromatic N) is 3. The van der Waals surface area contributed by atoms with Crippen LogP contribution in [0.25, 0.3) is 0 Å². The van der Waals surface area contributed by atoms with Crippen molar-refractivity contribution >= 4 is 18.4 Å². The summed E-state index contributed by atoms with van der Waals surface area (Å²) in [6.07, 6.45) is 3.22. The van der Waals surface area contributed by atoms with Gasteiger partial charge in [-0.15, -0.1) is 0 Å². The van der Waals surface area contributed by atoms with Gasteiger partial charge in [0, 0.05) is 6.92 Å². The second kappa shape index (κ2) is 7.66. The number of ether oxygens (including phenoxy) is 1. The van der Waals surface area contributed by atoms with E-state index in [1.54, 1.807) is 48.8 Å². The SMILES string of the molecule is CC(=O)Oc1ccc(/C=N/N=C/c2ccc(C#N)cc2)cc1C. The molecule has 0 unspecified atom stereocenters. The van der Waals surface area contributed by atoms with Gasteiger partial charge in [0.1, 0.15) is 5.75 Å². The zero-order valence-electron chi connectivity index (χ0n) is 12.9. The van der Waals surface area contributed by atoms with E-state index >= 15 is 0 Å². The molecule has 0 saturated carbocycles. The fourth-order valence-electron chi connectivity index (χ4n) is 1.87. The van der Waals surface area contributed by atoms with Gasteiger partial charge in [-0.2, -0.15) is 15.5 Å². The zero-order chi connectivity index (χ0) is 16.7. The summed E-state index contributed by atoms with van der Waals surface area (Å²) in [5.41, 5.74) is 3.17. The Hall–Kier alpha value is -3.26. The summed E-state index contributed by atoms with van der Waals surface area (Å²) in [5, 5.41) is 16.7. The summed E-state index contributed by atoms with van der Waals surface area (Å²) in [7, 11) is 0. The van der Waals surface area contributed by atoms with Crippen LogP contribution in [0.4, 0.5) is 0 Å². The number of benzene rings is 2. The Bertz CT molecular complexity index is 800. The molecule has 2 aromatic carbocycles. The number of esters is 1. The number of carbonyl (C=O) groups excluding carboxylic acids is 1. The van der Waals surface area contributed by atoms with Crippen molar-refractivity contribution in [2.24, 2.45) is 10.2 Å². The molecule has 0 saturated heterocycles. The molecule has 0 heterocycles. The molecule has 0 radical (unpaired) electrons. The first kappa shape index (κ1) is 16.1. The van der Waals surface area contributed by atoms with Crippen LogP contribution >= 0.6 is 0 Å². The first-order valence-corrected chi connectivity index (χ1v) is 6.94. The molecule has 5 heteroatoms. The highest BCUT2D eigenvalue weighted by molar-refractivity contribution is 5.83. The van der Waals surface area contributed by atoms with E-state index in [0.29, 0.717) is 11.3 Å². The van der Waals surface area contributed by atoms with Crippen molar-refractivity contribution < 1.29 is 9.53 Å². The van der Waals surface area contributed by atoms with Crippen molar-refractivity contribution in [1.82, 2.24) is 0 Å². The molecule has 5 nitrogen and oxygen atoms in total. The van der Waals surface area contributed by atoms with Crippen LogP contribution < -0.4 is 4.74 Å². The number of nitriles is 1. The summed E-state index contributed by atoms with van der Waals surface area (Å²) in [5.74, 6) is 0.192. The van der Waals surface area contributed by atoms with Gasteiger partial charge in [0.15, 0.2) is 0 Å². The molecule has 0 aliphatic carbocycles. The Morgan fingerprint density at radius 2 is 1.70 bits per heavy atom. The van der Waals surface area contributed by atoms with Crippen molar-refractivity contribution in [3.63, 3.8) is 0 Å². The fourth-order valence-corrected chi connectivity index (χ4v) is 1.87. The van der Waals surface area contributed by atoms with E-state index in [1.165, 1.54) is 6.92 Å². The molecule has 0 fully saturated rings. The molecule has 0 aromatic heterocycles. The topological polar surface area (TPSA) is 74.8 Å². The highest BCUT2D eigenvalue weighted by atomic mass is 16.5. The van der Waals surface area contributed by atoms with Crippen molar-refractivity contribution in [3.8, 4) is 11.8 Å². The maximum Gasteiger partial charge on any atom is 0.308 e. The van der Waals surface area contributed by atoms with Crippen LogP contribution in [0, 0.1) is 18.3 Å². The normalized spacial score (nSPS) is 10.8. The molecule has 114 valence electrons. The van der Waals surface area contributed by atoms with Crippen LogP contribution in [0.2, 0.25) is 0 Å². The van der Waals surface area contributed by atoms with Gasteiger partial charge in [-0.25, -0.2) is 0 Å². The fraction of sp³-hybridized carbons (Fsp3) is 0.111. The van der Waals surface area contributed by atoms with Crippen molar-refractivity contribution in [3.05, 3.63) is 64.7 Å². The Balaban J connectivity index is 2.02. The van der Waals surface area contributed by atoms with Gasteiger partial charge in [0.2, 0.25) is 0 Å². The van der Waals surface area contributed by atoms with E-state index in [2.05, 4.69) is 16.3 Å². The molecule has 0 aliphatic rings. The molecule has 0 N–H and O–H groups in total. The standard InChI is InChI=1S/C18H15N3O2/c1-13-9-17(7-8-18(13)23-14(2)22)12-21-20-11-16-5-3-15(10-19)4-6-16/h3-9,11-12H,1-2H3/b20-11+,21-12+. The third-order valence-electron chi connectivity index (χ3n) is 2.97. The number of hydrogen-bond acceptors (Lipinski definition) is 5. The van der Waals surface area contributed by atoms with Crippen LogP contribution in [-0.2, 0) is 4.79 Å². The lowest BCUT2D eigenvalue weighted by Crippen LogP contribution is -2.02. The third-order valence-corrected chi connectivity index (χ3v) is 2.97. The quantitative estimate of drug-likeness (QED) is 0.376. The minimum Gasteiger partial charge on any atom is -0.426 e. The Morgan fingerprint density at radius 1 is 1.09 bits per heavy atom. The maximum absolute atomic E-state index is 11.0. The number of carbonyl (C=O) groups is 1. The van der Waals surface area contributed by atoms with E-state index in [9.17, 15) is 4.79 Å². The Labute approximate surface area is 134 Å². The molecule has 0 aliphatic heterocycles. The van der Waals surface area contributed by atoms with E-state index in [4.69, 9.17) is 10.00 Å². The summed E-state index contributed by atoms with van der Waals surface area (Å²) in [6, 6.07) is 14.5. The minimum atomic E-state index is -0.346. The molecule has 2 rings (SSSR count). The first-order valence-electron chi connectivity index (χ1n) is 6.94. The van der Waals surface area contributed by atoms with Crippen LogP contribution in [-0.4, -0.2) is 18.4 Å². The Kier molecular flexibility index (Phi) is 5.37. The number of aryl methyl sites for hydroxylation is 1. The Morgan fingerprint density at radius 3 is 2.26 bits per heavy atom. The van der Waals surface area contributed by atoms with E-state index in [0.717, 1.165) is 16.7 Å². The van der Waals surface area contributed by atoms with E-state index in [-0.39, 0.29) is 5.97 Å². The molecular formula is C18H15N3O2. The first-order chi connectivity index (χ1) is 11.1. The van der Waals surface area contributed by atoms with Gasteiger partial charge in [0.25, 0.3) is 0 Å². The monoisotopic (exact) mass is 305 g/mol. The van der Waals surface area contributed by atoms with Crippen LogP contribution in [0.15, 0.2) is 52.7 Å². The van der Waals surface area contributed by atoms with Crippen LogP contribution in [0.1, 0.15) is 29.2 Å². The number of rotatable bonds is 4. The largest absolute Gasteiger partial charge is 0.426 e. The lowest BCUT2D eigenvalue weighted by Gasteiger charge is -2.05. The van der Waals surface area contributed by atoms with E-state index < -0.39 is 0 Å². The molecule has 0 amide bonds. The molecular weight excluding hydrogens is 290 g/mol. The summed E-state index contributed by atoms with van der Waals surface area (Å²) in [4.78, 5) is 11.0. The van der Waals surface area contributed by atoms with Gasteiger partial charge < -0.3 is 4.74 Å².